The Morgan fingerprint density at radius 2 is 2.20 bits per heavy atom. The molecule has 2 aromatic rings. The Morgan fingerprint density at radius 3 is 2.96 bits per heavy atom. The van der Waals surface area contributed by atoms with Crippen LogP contribution in [0.25, 0.3) is 0 Å². The van der Waals surface area contributed by atoms with Crippen LogP contribution >= 0.6 is 0 Å². The maximum absolute atomic E-state index is 12.8. The summed E-state index contributed by atoms with van der Waals surface area (Å²) >= 11 is 0. The molecule has 0 bridgehead atoms. The zero-order valence-electron chi connectivity index (χ0n) is 15.2. The number of hydrogen-bond donors (Lipinski definition) is 1. The van der Waals surface area contributed by atoms with Crippen LogP contribution in [0.3, 0.4) is 0 Å². The van der Waals surface area contributed by atoms with Crippen molar-refractivity contribution < 1.29 is 4.79 Å². The number of carbonyl (C=O) groups is 1. The van der Waals surface area contributed by atoms with Crippen LogP contribution in [0.1, 0.15) is 36.1 Å². The number of imidazole rings is 1. The summed E-state index contributed by atoms with van der Waals surface area (Å²) < 4.78 is 2.03. The van der Waals surface area contributed by atoms with Gasteiger partial charge in [-0.25, -0.2) is 4.98 Å². The van der Waals surface area contributed by atoms with E-state index in [-0.39, 0.29) is 17.2 Å². The number of aryl methyl sites for hydroxylation is 1. The monoisotopic (exact) mass is 338 g/mol. The summed E-state index contributed by atoms with van der Waals surface area (Å²) in [5, 5.41) is 3.14. The summed E-state index contributed by atoms with van der Waals surface area (Å²) in [4.78, 5) is 19.1. The summed E-state index contributed by atoms with van der Waals surface area (Å²) in [6.07, 6.45) is 6.31. The van der Waals surface area contributed by atoms with Gasteiger partial charge in [0.2, 0.25) is 11.9 Å². The number of nitrogens with zero attached hydrogens (tertiary/aromatic N) is 3. The van der Waals surface area contributed by atoms with Crippen molar-refractivity contribution in [3.8, 4) is 0 Å². The predicted molar refractivity (Wildman–Crippen MR) is 98.5 cm³/mol. The number of aromatic nitrogens is 2. The quantitative estimate of drug-likeness (QED) is 0.931. The van der Waals surface area contributed by atoms with E-state index in [0.29, 0.717) is 6.54 Å². The van der Waals surface area contributed by atoms with E-state index < -0.39 is 0 Å². The number of fused-ring (bicyclic) bond motifs is 2. The van der Waals surface area contributed by atoms with Crippen molar-refractivity contribution in [3.63, 3.8) is 0 Å². The molecule has 0 unspecified atom stereocenters. The van der Waals surface area contributed by atoms with E-state index in [4.69, 9.17) is 0 Å². The first-order valence-corrected chi connectivity index (χ1v) is 9.07. The second-order valence-electron chi connectivity index (χ2n) is 7.64. The minimum atomic E-state index is 0.0974. The normalized spacial score (nSPS) is 24.0. The number of rotatable bonds is 4. The number of amides is 1. The SMILES string of the molecule is CN(C)c1ncc(CNC(=O)[C@H]2C[C@]23CCCc2ccccc23)n1C. The third-order valence-electron chi connectivity index (χ3n) is 5.92. The van der Waals surface area contributed by atoms with Gasteiger partial charge in [0.15, 0.2) is 0 Å². The molecule has 1 amide bonds. The zero-order chi connectivity index (χ0) is 17.6. The molecule has 4 rings (SSSR count). The first-order valence-electron chi connectivity index (χ1n) is 9.07. The highest BCUT2D eigenvalue weighted by atomic mass is 16.2. The summed E-state index contributed by atoms with van der Waals surface area (Å²) in [6, 6.07) is 8.67. The van der Waals surface area contributed by atoms with Crippen molar-refractivity contribution in [1.29, 1.82) is 0 Å². The molecule has 1 fully saturated rings. The Labute approximate surface area is 149 Å². The predicted octanol–water partition coefficient (Wildman–Crippen LogP) is 2.40. The highest BCUT2D eigenvalue weighted by Crippen LogP contribution is 2.60. The fourth-order valence-corrected chi connectivity index (χ4v) is 4.49. The van der Waals surface area contributed by atoms with Crippen molar-refractivity contribution in [2.45, 2.75) is 37.6 Å². The van der Waals surface area contributed by atoms with Gasteiger partial charge in [-0.15, -0.1) is 0 Å². The van der Waals surface area contributed by atoms with Crippen LogP contribution in [0.4, 0.5) is 5.95 Å². The lowest BCUT2D eigenvalue weighted by Crippen LogP contribution is -2.30. The fourth-order valence-electron chi connectivity index (χ4n) is 4.49. The molecule has 1 heterocycles. The van der Waals surface area contributed by atoms with E-state index in [1.54, 1.807) is 0 Å². The van der Waals surface area contributed by atoms with E-state index in [1.807, 2.05) is 36.8 Å². The lowest BCUT2D eigenvalue weighted by atomic mass is 9.78. The minimum absolute atomic E-state index is 0.0974. The number of nitrogens with one attached hydrogen (secondary N) is 1. The third-order valence-corrected chi connectivity index (χ3v) is 5.92. The summed E-state index contributed by atoms with van der Waals surface area (Å²) in [7, 11) is 5.93. The van der Waals surface area contributed by atoms with Gasteiger partial charge in [-0.1, -0.05) is 24.3 Å². The molecule has 1 aromatic carbocycles. The molecule has 5 nitrogen and oxygen atoms in total. The average molecular weight is 338 g/mol. The topological polar surface area (TPSA) is 50.2 Å². The molecular weight excluding hydrogens is 312 g/mol. The largest absolute Gasteiger partial charge is 0.350 e. The number of benzene rings is 1. The molecule has 1 saturated carbocycles. The van der Waals surface area contributed by atoms with Gasteiger partial charge in [-0.2, -0.15) is 0 Å². The van der Waals surface area contributed by atoms with Crippen LogP contribution in [0.5, 0.6) is 0 Å². The molecule has 0 aliphatic heterocycles. The molecule has 0 radical (unpaired) electrons. The molecule has 2 aliphatic carbocycles. The molecule has 2 atom stereocenters. The number of carbonyl (C=O) groups excluding carboxylic acids is 1. The lowest BCUT2D eigenvalue weighted by molar-refractivity contribution is -0.123. The molecule has 2 aliphatic rings. The first-order chi connectivity index (χ1) is 12.0. The fraction of sp³-hybridized carbons (Fsp3) is 0.500. The van der Waals surface area contributed by atoms with Crippen molar-refractivity contribution in [3.05, 3.63) is 47.3 Å². The molecule has 5 heteroatoms. The molecular formula is C20H26N4O. The molecule has 25 heavy (non-hydrogen) atoms. The van der Waals surface area contributed by atoms with Gasteiger partial charge in [-0.3, -0.25) is 4.79 Å². The highest BCUT2D eigenvalue weighted by Gasteiger charge is 2.59. The van der Waals surface area contributed by atoms with Gasteiger partial charge in [0.25, 0.3) is 0 Å². The Hall–Kier alpha value is -2.30. The Balaban J connectivity index is 1.44. The Bertz CT molecular complexity index is 810. The van der Waals surface area contributed by atoms with E-state index in [9.17, 15) is 4.79 Å². The van der Waals surface area contributed by atoms with Crippen molar-refractivity contribution in [2.24, 2.45) is 13.0 Å². The standard InChI is InChI=1S/C20H26N4O/c1-23(2)19-22-13-15(24(19)3)12-21-18(25)17-11-20(17)10-6-8-14-7-4-5-9-16(14)20/h4-5,7,9,13,17H,6,8,10-12H2,1-3H3,(H,21,25)/t17-,20+/m1/s1. The minimum Gasteiger partial charge on any atom is -0.350 e. The first kappa shape index (κ1) is 16.2. The number of hydrogen-bond acceptors (Lipinski definition) is 3. The van der Waals surface area contributed by atoms with Crippen LogP contribution < -0.4 is 10.2 Å². The second kappa shape index (κ2) is 5.90. The summed E-state index contributed by atoms with van der Waals surface area (Å²) in [5.41, 5.74) is 3.97. The van der Waals surface area contributed by atoms with Gasteiger partial charge < -0.3 is 14.8 Å². The van der Waals surface area contributed by atoms with Crippen molar-refractivity contribution >= 4 is 11.9 Å². The molecule has 132 valence electrons. The van der Waals surface area contributed by atoms with Gasteiger partial charge in [-0.05, 0) is 36.8 Å². The zero-order valence-corrected chi connectivity index (χ0v) is 15.2. The Morgan fingerprint density at radius 1 is 1.40 bits per heavy atom. The molecule has 0 saturated heterocycles. The smallest absolute Gasteiger partial charge is 0.224 e. The summed E-state index contributed by atoms with van der Waals surface area (Å²) in [5.74, 6) is 1.20. The summed E-state index contributed by atoms with van der Waals surface area (Å²) in [6.45, 7) is 0.532. The highest BCUT2D eigenvalue weighted by molar-refractivity contribution is 5.84. The maximum atomic E-state index is 12.8. The molecule has 1 aromatic heterocycles. The Kier molecular flexibility index (Phi) is 3.82. The third kappa shape index (κ3) is 2.62. The van der Waals surface area contributed by atoms with Crippen LogP contribution in [0, 0.1) is 5.92 Å². The van der Waals surface area contributed by atoms with Gasteiger partial charge >= 0.3 is 0 Å². The van der Waals surface area contributed by atoms with E-state index in [2.05, 4.69) is 34.6 Å². The van der Waals surface area contributed by atoms with Crippen LogP contribution in [0.15, 0.2) is 30.5 Å². The maximum Gasteiger partial charge on any atom is 0.224 e. The van der Waals surface area contributed by atoms with Crippen molar-refractivity contribution in [1.82, 2.24) is 14.9 Å². The van der Waals surface area contributed by atoms with E-state index in [1.165, 1.54) is 17.5 Å². The van der Waals surface area contributed by atoms with Gasteiger partial charge in [0, 0.05) is 32.5 Å². The van der Waals surface area contributed by atoms with Gasteiger partial charge in [0.1, 0.15) is 0 Å². The lowest BCUT2D eigenvalue weighted by Gasteiger charge is -2.26. The second-order valence-corrected chi connectivity index (χ2v) is 7.64. The average Bonchev–Trinajstić information content (AvgIpc) is 3.19. The van der Waals surface area contributed by atoms with E-state index in [0.717, 1.165) is 30.9 Å². The van der Waals surface area contributed by atoms with Crippen molar-refractivity contribution in [2.75, 3.05) is 19.0 Å². The molecule has 1 spiro atoms. The van der Waals surface area contributed by atoms with Crippen LogP contribution in [0.2, 0.25) is 0 Å². The van der Waals surface area contributed by atoms with Crippen LogP contribution in [-0.2, 0) is 30.2 Å². The van der Waals surface area contributed by atoms with E-state index >= 15 is 0 Å². The number of anilines is 1. The van der Waals surface area contributed by atoms with Crippen LogP contribution in [-0.4, -0.2) is 29.6 Å². The molecule has 1 N–H and O–H groups in total. The van der Waals surface area contributed by atoms with Gasteiger partial charge in [0.05, 0.1) is 18.4 Å².